The Labute approximate surface area is 138 Å². The van der Waals surface area contributed by atoms with E-state index in [4.69, 9.17) is 9.47 Å². The average molecular weight is 321 g/mol. The maximum absolute atomic E-state index is 12.4. The average Bonchev–Trinajstić information content (AvgIpc) is 2.88. The van der Waals surface area contributed by atoms with Gasteiger partial charge >= 0.3 is 0 Å². The van der Waals surface area contributed by atoms with Crippen LogP contribution in [0.25, 0.3) is 0 Å². The van der Waals surface area contributed by atoms with Crippen LogP contribution in [0.4, 0.5) is 0 Å². The number of rotatable bonds is 3. The minimum Gasteiger partial charge on any atom is -0.347 e. The first-order valence-electron chi connectivity index (χ1n) is 8.88. The highest BCUT2D eigenvalue weighted by Gasteiger charge is 2.40. The molecule has 1 saturated carbocycles. The number of nitrogens with zero attached hydrogens (tertiary/aromatic N) is 2. The highest BCUT2D eigenvalue weighted by Crippen LogP contribution is 2.31. The van der Waals surface area contributed by atoms with E-state index in [0.717, 1.165) is 64.5 Å². The van der Waals surface area contributed by atoms with Gasteiger partial charge in [0.25, 0.3) is 0 Å². The topological polar surface area (TPSA) is 74.6 Å². The number of piperidine rings is 1. The molecule has 2 saturated heterocycles. The van der Waals surface area contributed by atoms with Gasteiger partial charge in [0.1, 0.15) is 5.54 Å². The zero-order chi connectivity index (χ0) is 16.2. The first-order chi connectivity index (χ1) is 11.2. The molecule has 0 radical (unpaired) electrons. The standard InChI is InChI=1S/C17H27N3O3/c18-14-16(5-3-1-2-4-6-16)19-15(21)13-20-9-7-17(8-10-20)22-11-12-23-17/h1-13H2,(H,19,21). The highest BCUT2D eigenvalue weighted by molar-refractivity contribution is 5.79. The minimum atomic E-state index is -0.651. The molecule has 6 nitrogen and oxygen atoms in total. The maximum atomic E-state index is 12.4. The van der Waals surface area contributed by atoms with Gasteiger partial charge in [-0.1, -0.05) is 25.7 Å². The van der Waals surface area contributed by atoms with Crippen LogP contribution in [-0.2, 0) is 14.3 Å². The Morgan fingerprint density at radius 3 is 2.22 bits per heavy atom. The van der Waals surface area contributed by atoms with Crippen molar-refractivity contribution in [1.82, 2.24) is 10.2 Å². The second kappa shape index (κ2) is 7.16. The lowest BCUT2D eigenvalue weighted by atomic mass is 9.92. The van der Waals surface area contributed by atoms with Crippen molar-refractivity contribution in [3.63, 3.8) is 0 Å². The van der Waals surface area contributed by atoms with Crippen molar-refractivity contribution in [2.75, 3.05) is 32.8 Å². The van der Waals surface area contributed by atoms with E-state index in [9.17, 15) is 10.1 Å². The summed E-state index contributed by atoms with van der Waals surface area (Å²) in [5, 5.41) is 12.6. The molecule has 0 aromatic heterocycles. The molecule has 3 aliphatic rings. The molecule has 3 rings (SSSR count). The van der Waals surface area contributed by atoms with Gasteiger partial charge in [-0.3, -0.25) is 9.69 Å². The smallest absolute Gasteiger partial charge is 0.235 e. The van der Waals surface area contributed by atoms with Crippen molar-refractivity contribution in [3.05, 3.63) is 0 Å². The van der Waals surface area contributed by atoms with Gasteiger partial charge in [0.2, 0.25) is 5.91 Å². The Balaban J connectivity index is 1.48. The van der Waals surface area contributed by atoms with Crippen molar-refractivity contribution in [1.29, 1.82) is 5.26 Å². The first-order valence-corrected chi connectivity index (χ1v) is 8.88. The summed E-state index contributed by atoms with van der Waals surface area (Å²) in [7, 11) is 0. The number of carbonyl (C=O) groups excluding carboxylic acids is 1. The van der Waals surface area contributed by atoms with Crippen LogP contribution in [0.15, 0.2) is 0 Å². The van der Waals surface area contributed by atoms with Crippen LogP contribution < -0.4 is 5.32 Å². The third-order valence-electron chi connectivity index (χ3n) is 5.35. The quantitative estimate of drug-likeness (QED) is 0.799. The third-order valence-corrected chi connectivity index (χ3v) is 5.35. The molecule has 0 atom stereocenters. The number of likely N-dealkylation sites (tertiary alicyclic amines) is 1. The summed E-state index contributed by atoms with van der Waals surface area (Å²) < 4.78 is 11.4. The van der Waals surface area contributed by atoms with Crippen molar-refractivity contribution >= 4 is 5.91 Å². The Morgan fingerprint density at radius 2 is 1.65 bits per heavy atom. The van der Waals surface area contributed by atoms with E-state index in [1.54, 1.807) is 0 Å². The molecule has 2 aliphatic heterocycles. The van der Waals surface area contributed by atoms with Gasteiger partial charge in [-0.25, -0.2) is 0 Å². The van der Waals surface area contributed by atoms with E-state index in [-0.39, 0.29) is 5.91 Å². The SMILES string of the molecule is N#CC1(NC(=O)CN2CCC3(CC2)OCCO3)CCCCCC1. The Kier molecular flexibility index (Phi) is 5.20. The summed E-state index contributed by atoms with van der Waals surface area (Å²) in [6.07, 6.45) is 7.54. The van der Waals surface area contributed by atoms with Gasteiger partial charge in [0.05, 0.1) is 25.8 Å². The second-order valence-electron chi connectivity index (χ2n) is 7.04. The molecule has 1 spiro atoms. The second-order valence-corrected chi connectivity index (χ2v) is 7.04. The lowest BCUT2D eigenvalue weighted by Gasteiger charge is -2.37. The molecule has 1 amide bonds. The molecule has 1 N–H and O–H groups in total. The van der Waals surface area contributed by atoms with Gasteiger partial charge in [0.15, 0.2) is 5.79 Å². The number of hydrogen-bond acceptors (Lipinski definition) is 5. The highest BCUT2D eigenvalue weighted by atomic mass is 16.7. The molecule has 0 aromatic carbocycles. The number of carbonyl (C=O) groups is 1. The van der Waals surface area contributed by atoms with Crippen molar-refractivity contribution in [2.24, 2.45) is 0 Å². The maximum Gasteiger partial charge on any atom is 0.235 e. The normalized spacial score (nSPS) is 27.3. The largest absolute Gasteiger partial charge is 0.347 e. The van der Waals surface area contributed by atoms with Gasteiger partial charge in [-0.2, -0.15) is 5.26 Å². The molecule has 1 aliphatic carbocycles. The first kappa shape index (κ1) is 16.7. The van der Waals surface area contributed by atoms with Crippen LogP contribution in [0.2, 0.25) is 0 Å². The Morgan fingerprint density at radius 1 is 1.04 bits per heavy atom. The zero-order valence-electron chi connectivity index (χ0n) is 13.8. The minimum absolute atomic E-state index is 0.0299. The zero-order valence-corrected chi connectivity index (χ0v) is 13.8. The van der Waals surface area contributed by atoms with E-state index in [2.05, 4.69) is 16.3 Å². The summed E-state index contributed by atoms with van der Waals surface area (Å²) in [5.74, 6) is -0.431. The Bertz CT molecular complexity index is 450. The van der Waals surface area contributed by atoms with E-state index < -0.39 is 11.3 Å². The predicted molar refractivity (Wildman–Crippen MR) is 84.5 cm³/mol. The van der Waals surface area contributed by atoms with E-state index in [0.29, 0.717) is 19.8 Å². The van der Waals surface area contributed by atoms with Crippen LogP contribution in [0.5, 0.6) is 0 Å². The molecule has 3 fully saturated rings. The third kappa shape index (κ3) is 4.03. The van der Waals surface area contributed by atoms with Gasteiger partial charge < -0.3 is 14.8 Å². The molecule has 23 heavy (non-hydrogen) atoms. The van der Waals surface area contributed by atoms with E-state index in [1.807, 2.05) is 0 Å². The van der Waals surface area contributed by atoms with E-state index in [1.165, 1.54) is 0 Å². The van der Waals surface area contributed by atoms with Crippen LogP contribution >= 0.6 is 0 Å². The Hall–Kier alpha value is -1.16. The molecule has 0 unspecified atom stereocenters. The summed E-state index contributed by atoms with van der Waals surface area (Å²) in [6.45, 7) is 3.30. The monoisotopic (exact) mass is 321 g/mol. The molecular formula is C17H27N3O3. The fourth-order valence-electron chi connectivity index (χ4n) is 3.94. The molecular weight excluding hydrogens is 294 g/mol. The number of amides is 1. The van der Waals surface area contributed by atoms with Gasteiger partial charge in [-0.15, -0.1) is 0 Å². The molecule has 2 heterocycles. The predicted octanol–water partition coefficient (Wildman–Crippen LogP) is 1.56. The number of nitrogens with one attached hydrogen (secondary N) is 1. The van der Waals surface area contributed by atoms with Crippen LogP contribution in [0, 0.1) is 11.3 Å². The van der Waals surface area contributed by atoms with Gasteiger partial charge in [-0.05, 0) is 12.8 Å². The van der Waals surface area contributed by atoms with E-state index >= 15 is 0 Å². The lowest BCUT2D eigenvalue weighted by Crippen LogP contribution is -2.52. The fraction of sp³-hybridized carbons (Fsp3) is 0.882. The van der Waals surface area contributed by atoms with Crippen LogP contribution in [-0.4, -0.2) is 55.0 Å². The summed E-state index contributed by atoms with van der Waals surface area (Å²) in [6, 6.07) is 2.37. The molecule has 128 valence electrons. The summed E-state index contributed by atoms with van der Waals surface area (Å²) in [5.41, 5.74) is -0.651. The van der Waals surface area contributed by atoms with Crippen LogP contribution in [0.3, 0.4) is 0 Å². The van der Waals surface area contributed by atoms with Crippen molar-refractivity contribution < 1.29 is 14.3 Å². The molecule has 0 bridgehead atoms. The number of nitriles is 1. The lowest BCUT2D eigenvalue weighted by molar-refractivity contribution is -0.185. The fourth-order valence-corrected chi connectivity index (χ4v) is 3.94. The summed E-state index contributed by atoms with van der Waals surface area (Å²) >= 11 is 0. The van der Waals surface area contributed by atoms with Crippen molar-refractivity contribution in [3.8, 4) is 6.07 Å². The molecule has 6 heteroatoms. The summed E-state index contributed by atoms with van der Waals surface area (Å²) in [4.78, 5) is 14.5. The van der Waals surface area contributed by atoms with Crippen LogP contribution in [0.1, 0.15) is 51.4 Å². The van der Waals surface area contributed by atoms with Gasteiger partial charge in [0, 0.05) is 25.9 Å². The molecule has 0 aromatic rings. The number of ether oxygens (including phenoxy) is 2. The number of hydrogen-bond donors (Lipinski definition) is 1. The van der Waals surface area contributed by atoms with Crippen molar-refractivity contribution in [2.45, 2.75) is 62.7 Å².